The highest BCUT2D eigenvalue weighted by atomic mass is 16.6. The van der Waals surface area contributed by atoms with Crippen LogP contribution in [0, 0.1) is 0 Å². The number of hydrogen-bond acceptors (Lipinski definition) is 6. The summed E-state index contributed by atoms with van der Waals surface area (Å²) in [6.07, 6.45) is -0.967. The third kappa shape index (κ3) is 4.97. The fraction of sp³-hybridized carbons (Fsp3) is 0.526. The first-order valence-electron chi connectivity index (χ1n) is 8.57. The van der Waals surface area contributed by atoms with Crippen molar-refractivity contribution in [2.24, 2.45) is 4.99 Å². The van der Waals surface area contributed by atoms with Crippen LogP contribution < -0.4 is 5.73 Å². The predicted molar refractivity (Wildman–Crippen MR) is 100 cm³/mol. The maximum Gasteiger partial charge on any atom is 0.425 e. The topological polar surface area (TPSA) is 94.2 Å². The van der Waals surface area contributed by atoms with Crippen molar-refractivity contribution in [1.82, 2.24) is 4.90 Å². The van der Waals surface area contributed by atoms with E-state index in [1.54, 1.807) is 53.7 Å². The molecule has 142 valence electrons. The average Bonchev–Trinajstić information content (AvgIpc) is 2.43. The predicted octanol–water partition coefficient (Wildman–Crippen LogP) is 3.74. The number of carbonyl (C=O) groups is 2. The first-order valence-corrected chi connectivity index (χ1v) is 8.57. The number of nitrogens with zero attached hydrogens (tertiary/aromatic N) is 2. The molecule has 1 aromatic rings. The van der Waals surface area contributed by atoms with E-state index < -0.39 is 23.4 Å². The van der Waals surface area contributed by atoms with Gasteiger partial charge in [0.1, 0.15) is 11.2 Å². The molecule has 7 heteroatoms. The summed E-state index contributed by atoms with van der Waals surface area (Å²) in [4.78, 5) is 30.8. The Morgan fingerprint density at radius 3 is 2.08 bits per heavy atom. The van der Waals surface area contributed by atoms with E-state index in [-0.39, 0.29) is 5.84 Å². The van der Waals surface area contributed by atoms with Crippen LogP contribution in [0.3, 0.4) is 0 Å². The Morgan fingerprint density at radius 1 is 1.04 bits per heavy atom. The molecule has 2 N–H and O–H groups in total. The zero-order chi connectivity index (χ0) is 19.7. The maximum atomic E-state index is 12.8. The number of ether oxygens (including phenoxy) is 2. The van der Waals surface area contributed by atoms with Gasteiger partial charge in [0.2, 0.25) is 0 Å². The normalized spacial score (nSPS) is 14.2. The zero-order valence-corrected chi connectivity index (χ0v) is 16.3. The molecule has 1 aliphatic heterocycles. The van der Waals surface area contributed by atoms with Gasteiger partial charge in [-0.25, -0.2) is 9.59 Å². The van der Waals surface area contributed by atoms with E-state index in [0.717, 1.165) is 10.5 Å². The standard InChI is InChI=1S/C19H27N3O4/c1-18(2,3)25-16(23)22(17(24)26-19(4,5)6)15-14-8-7-13(20)11-12(14)9-10-21-15/h7-8,11H,9-10,20H2,1-6H3. The molecule has 26 heavy (non-hydrogen) atoms. The van der Waals surface area contributed by atoms with Crippen molar-refractivity contribution in [3.8, 4) is 0 Å². The molecule has 1 aromatic carbocycles. The molecule has 7 nitrogen and oxygen atoms in total. The Hall–Kier alpha value is -2.57. The molecule has 0 spiro atoms. The maximum absolute atomic E-state index is 12.8. The quantitative estimate of drug-likeness (QED) is 0.710. The smallest absolute Gasteiger partial charge is 0.425 e. The molecule has 0 fully saturated rings. The Kier molecular flexibility index (Phi) is 5.30. The van der Waals surface area contributed by atoms with E-state index in [1.165, 1.54) is 0 Å². The first kappa shape index (κ1) is 19.8. The minimum absolute atomic E-state index is 0.217. The van der Waals surface area contributed by atoms with Gasteiger partial charge in [0, 0.05) is 17.8 Å². The number of benzene rings is 1. The number of carbonyl (C=O) groups excluding carboxylic acids is 2. The Balaban J connectivity index is 2.46. The lowest BCUT2D eigenvalue weighted by Gasteiger charge is -2.30. The van der Waals surface area contributed by atoms with Crippen LogP contribution in [0.2, 0.25) is 0 Å². The van der Waals surface area contributed by atoms with Gasteiger partial charge < -0.3 is 15.2 Å². The number of imide groups is 1. The number of rotatable bonds is 0. The molecule has 0 unspecified atom stereocenters. The first-order chi connectivity index (χ1) is 11.9. The largest absolute Gasteiger partial charge is 0.443 e. The van der Waals surface area contributed by atoms with Crippen molar-refractivity contribution in [1.29, 1.82) is 0 Å². The Morgan fingerprint density at radius 2 is 1.58 bits per heavy atom. The van der Waals surface area contributed by atoms with Crippen molar-refractivity contribution in [2.75, 3.05) is 12.3 Å². The fourth-order valence-corrected chi connectivity index (χ4v) is 2.46. The minimum atomic E-state index is -0.824. The monoisotopic (exact) mass is 361 g/mol. The van der Waals surface area contributed by atoms with Gasteiger partial charge in [0.25, 0.3) is 0 Å². The fourth-order valence-electron chi connectivity index (χ4n) is 2.46. The summed E-state index contributed by atoms with van der Waals surface area (Å²) in [6, 6.07) is 5.29. The lowest BCUT2D eigenvalue weighted by Crippen LogP contribution is -2.48. The SMILES string of the molecule is CC(C)(C)OC(=O)N(C(=O)OC(C)(C)C)C1=NCCc2cc(N)ccc21. The van der Waals surface area contributed by atoms with E-state index in [1.807, 2.05) is 6.07 Å². The van der Waals surface area contributed by atoms with Crippen LogP contribution >= 0.6 is 0 Å². The van der Waals surface area contributed by atoms with Gasteiger partial charge in [-0.1, -0.05) is 0 Å². The number of hydrogen-bond donors (Lipinski definition) is 1. The van der Waals surface area contributed by atoms with Crippen molar-refractivity contribution < 1.29 is 19.1 Å². The van der Waals surface area contributed by atoms with Crippen molar-refractivity contribution in [2.45, 2.75) is 59.2 Å². The molecule has 0 bridgehead atoms. The highest BCUT2D eigenvalue weighted by molar-refractivity contribution is 6.16. The highest BCUT2D eigenvalue weighted by Gasteiger charge is 2.36. The van der Waals surface area contributed by atoms with Gasteiger partial charge in [0.15, 0.2) is 5.84 Å². The van der Waals surface area contributed by atoms with Crippen molar-refractivity contribution in [3.63, 3.8) is 0 Å². The van der Waals surface area contributed by atoms with Crippen molar-refractivity contribution in [3.05, 3.63) is 29.3 Å². The van der Waals surface area contributed by atoms with E-state index >= 15 is 0 Å². The van der Waals surface area contributed by atoms with Crippen LogP contribution in [-0.4, -0.2) is 40.7 Å². The molecule has 0 radical (unpaired) electrons. The minimum Gasteiger partial charge on any atom is -0.443 e. The van der Waals surface area contributed by atoms with Crippen LogP contribution in [0.15, 0.2) is 23.2 Å². The number of nitrogen functional groups attached to an aromatic ring is 1. The van der Waals surface area contributed by atoms with Crippen LogP contribution in [-0.2, 0) is 15.9 Å². The number of fused-ring (bicyclic) bond motifs is 1. The Labute approximate surface area is 154 Å². The van der Waals surface area contributed by atoms with Gasteiger partial charge >= 0.3 is 12.2 Å². The second-order valence-electron chi connectivity index (χ2n) is 8.17. The lowest BCUT2D eigenvalue weighted by atomic mass is 10.00. The summed E-state index contributed by atoms with van der Waals surface area (Å²) < 4.78 is 10.8. The molecular weight excluding hydrogens is 334 g/mol. The Bertz CT molecular complexity index is 714. The second kappa shape index (κ2) is 6.97. The highest BCUT2D eigenvalue weighted by Crippen LogP contribution is 2.24. The molecule has 1 heterocycles. The third-order valence-corrected chi connectivity index (χ3v) is 3.38. The van der Waals surface area contributed by atoms with Gasteiger partial charge in [-0.15, -0.1) is 0 Å². The lowest BCUT2D eigenvalue weighted by molar-refractivity contribution is 0.0147. The number of anilines is 1. The van der Waals surface area contributed by atoms with Gasteiger partial charge in [-0.3, -0.25) is 4.99 Å². The molecule has 0 aliphatic carbocycles. The second-order valence-corrected chi connectivity index (χ2v) is 8.17. The molecule has 0 saturated heterocycles. The molecule has 2 amide bonds. The zero-order valence-electron chi connectivity index (χ0n) is 16.3. The molecule has 0 saturated carbocycles. The number of nitrogens with two attached hydrogens (primary N) is 1. The van der Waals surface area contributed by atoms with Gasteiger partial charge in [0.05, 0.1) is 0 Å². The van der Waals surface area contributed by atoms with E-state index in [9.17, 15) is 9.59 Å². The molecule has 1 aliphatic rings. The van der Waals surface area contributed by atoms with Crippen LogP contribution in [0.25, 0.3) is 0 Å². The van der Waals surface area contributed by atoms with Crippen molar-refractivity contribution >= 4 is 23.7 Å². The molecule has 0 atom stereocenters. The van der Waals surface area contributed by atoms with E-state index in [0.29, 0.717) is 24.2 Å². The summed E-state index contributed by atoms with van der Waals surface area (Å²) in [5, 5.41) is 0. The van der Waals surface area contributed by atoms with Gasteiger partial charge in [-0.05, 0) is 71.7 Å². The third-order valence-electron chi connectivity index (χ3n) is 3.38. The molecule has 2 rings (SSSR count). The number of amides is 2. The van der Waals surface area contributed by atoms with E-state index in [2.05, 4.69) is 4.99 Å². The molecule has 0 aromatic heterocycles. The van der Waals surface area contributed by atoms with Crippen LogP contribution in [0.5, 0.6) is 0 Å². The summed E-state index contributed by atoms with van der Waals surface area (Å²) >= 11 is 0. The summed E-state index contributed by atoms with van der Waals surface area (Å²) in [7, 11) is 0. The summed E-state index contributed by atoms with van der Waals surface area (Å²) in [5.41, 5.74) is 6.53. The number of aliphatic imine (C=N–C) groups is 1. The molecular formula is C19H27N3O4. The van der Waals surface area contributed by atoms with E-state index in [4.69, 9.17) is 15.2 Å². The summed E-state index contributed by atoms with van der Waals surface area (Å²) in [6.45, 7) is 10.8. The average molecular weight is 361 g/mol. The number of amidine groups is 1. The van der Waals surface area contributed by atoms with Crippen LogP contribution in [0.1, 0.15) is 52.7 Å². The summed E-state index contributed by atoms with van der Waals surface area (Å²) in [5.74, 6) is 0.217. The van der Waals surface area contributed by atoms with Crippen LogP contribution in [0.4, 0.5) is 15.3 Å². The van der Waals surface area contributed by atoms with Gasteiger partial charge in [-0.2, -0.15) is 4.90 Å².